The Morgan fingerprint density at radius 3 is 2.57 bits per heavy atom. The minimum absolute atomic E-state index is 0.103. The zero-order chi connectivity index (χ0) is 20.8. The number of thioether (sulfide) groups is 1. The summed E-state index contributed by atoms with van der Waals surface area (Å²) in [4.78, 5) is 18.3. The van der Waals surface area contributed by atoms with E-state index in [0.717, 1.165) is 21.8 Å². The lowest BCUT2D eigenvalue weighted by Gasteiger charge is -2.08. The fourth-order valence-electron chi connectivity index (χ4n) is 2.98. The molecule has 0 aliphatic heterocycles. The van der Waals surface area contributed by atoms with E-state index in [9.17, 15) is 9.18 Å². The van der Waals surface area contributed by atoms with Crippen molar-refractivity contribution in [1.82, 2.24) is 15.0 Å². The molecule has 0 radical (unpaired) electrons. The van der Waals surface area contributed by atoms with Crippen LogP contribution in [0.3, 0.4) is 0 Å². The smallest absolute Gasteiger partial charge is 0.260 e. The molecule has 0 spiro atoms. The van der Waals surface area contributed by atoms with Crippen LogP contribution in [-0.4, -0.2) is 21.7 Å². The van der Waals surface area contributed by atoms with Crippen molar-refractivity contribution in [2.45, 2.75) is 17.2 Å². The molecule has 4 aromatic rings. The van der Waals surface area contributed by atoms with E-state index in [1.807, 2.05) is 47.0 Å². The molecule has 0 saturated carbocycles. The zero-order valence-electron chi connectivity index (χ0n) is 16.0. The van der Waals surface area contributed by atoms with Gasteiger partial charge in [0.05, 0.1) is 23.0 Å². The van der Waals surface area contributed by atoms with Crippen molar-refractivity contribution in [3.05, 3.63) is 96.1 Å². The lowest BCUT2D eigenvalue weighted by molar-refractivity contribution is -0.121. The topological polar surface area (TPSA) is 59.3 Å². The van der Waals surface area contributed by atoms with Crippen molar-refractivity contribution in [3.63, 3.8) is 0 Å². The molecule has 4 rings (SSSR count). The summed E-state index contributed by atoms with van der Waals surface area (Å²) in [6, 6.07) is 23.7. The number of benzene rings is 3. The van der Waals surface area contributed by atoms with Crippen molar-refractivity contribution < 1.29 is 9.18 Å². The summed E-state index contributed by atoms with van der Waals surface area (Å²) >= 11 is 1.67. The molecule has 0 bridgehead atoms. The number of imidazole rings is 1. The molecule has 0 unspecified atom stereocenters. The maximum Gasteiger partial charge on any atom is 0.260 e. The number of amides is 1. The van der Waals surface area contributed by atoms with Crippen LogP contribution in [0.1, 0.15) is 11.4 Å². The summed E-state index contributed by atoms with van der Waals surface area (Å²) in [5, 5.41) is 3.97. The van der Waals surface area contributed by atoms with Crippen molar-refractivity contribution in [2.24, 2.45) is 5.10 Å². The standard InChI is InChI=1S/C23H19FN4OS/c24-18-12-10-17(11-13-18)14-25-27-23(29)15-28-21-9-5-4-8-20(21)26-22(28)16-30-19-6-2-1-3-7-19/h1-14H,15-16H2,(H,27,29). The lowest BCUT2D eigenvalue weighted by atomic mass is 10.2. The average Bonchev–Trinajstić information content (AvgIpc) is 3.12. The Morgan fingerprint density at radius 1 is 1.03 bits per heavy atom. The SMILES string of the molecule is O=C(Cn1c(CSc2ccccc2)nc2ccccc21)NN=Cc1ccc(F)cc1. The average molecular weight is 418 g/mol. The highest BCUT2D eigenvalue weighted by molar-refractivity contribution is 7.98. The van der Waals surface area contributed by atoms with Gasteiger partial charge in [-0.05, 0) is 42.0 Å². The molecular formula is C23H19FN4OS. The second-order valence-electron chi connectivity index (χ2n) is 6.55. The Bertz CT molecular complexity index is 1170. The predicted octanol–water partition coefficient (Wildman–Crippen LogP) is 4.62. The highest BCUT2D eigenvalue weighted by Gasteiger charge is 2.13. The maximum atomic E-state index is 13.0. The van der Waals surface area contributed by atoms with Gasteiger partial charge in [0, 0.05) is 4.90 Å². The van der Waals surface area contributed by atoms with E-state index in [-0.39, 0.29) is 18.3 Å². The first-order chi connectivity index (χ1) is 14.7. The van der Waals surface area contributed by atoms with Gasteiger partial charge >= 0.3 is 0 Å². The Balaban J connectivity index is 1.47. The fourth-order valence-corrected chi connectivity index (χ4v) is 3.85. The van der Waals surface area contributed by atoms with E-state index in [4.69, 9.17) is 4.98 Å². The van der Waals surface area contributed by atoms with Gasteiger partial charge in [0.15, 0.2) is 0 Å². The number of nitrogens with zero attached hydrogens (tertiary/aromatic N) is 3. The van der Waals surface area contributed by atoms with E-state index in [2.05, 4.69) is 22.7 Å². The van der Waals surface area contributed by atoms with Crippen LogP contribution in [0.5, 0.6) is 0 Å². The van der Waals surface area contributed by atoms with Crippen LogP contribution in [0.2, 0.25) is 0 Å². The van der Waals surface area contributed by atoms with Gasteiger partial charge in [0.25, 0.3) is 5.91 Å². The number of halogens is 1. The molecule has 0 aliphatic carbocycles. The normalized spacial score (nSPS) is 11.2. The van der Waals surface area contributed by atoms with E-state index in [0.29, 0.717) is 11.3 Å². The van der Waals surface area contributed by atoms with Gasteiger partial charge < -0.3 is 4.57 Å². The van der Waals surface area contributed by atoms with E-state index in [1.54, 1.807) is 23.9 Å². The van der Waals surface area contributed by atoms with Crippen molar-refractivity contribution in [3.8, 4) is 0 Å². The molecule has 0 fully saturated rings. The fraction of sp³-hybridized carbons (Fsp3) is 0.0870. The second-order valence-corrected chi connectivity index (χ2v) is 7.60. The van der Waals surface area contributed by atoms with Crippen LogP contribution in [0.4, 0.5) is 4.39 Å². The summed E-state index contributed by atoms with van der Waals surface area (Å²) in [6.45, 7) is 0.103. The van der Waals surface area contributed by atoms with Crippen LogP contribution >= 0.6 is 11.8 Å². The first-order valence-electron chi connectivity index (χ1n) is 9.38. The molecular weight excluding hydrogens is 399 g/mol. The minimum Gasteiger partial charge on any atom is -0.318 e. The van der Waals surface area contributed by atoms with Gasteiger partial charge in [0.2, 0.25) is 0 Å². The van der Waals surface area contributed by atoms with E-state index in [1.165, 1.54) is 18.3 Å². The molecule has 0 saturated heterocycles. The maximum absolute atomic E-state index is 13.0. The molecule has 0 atom stereocenters. The number of para-hydroxylation sites is 2. The molecule has 30 heavy (non-hydrogen) atoms. The van der Waals surface area contributed by atoms with Crippen LogP contribution in [0.25, 0.3) is 11.0 Å². The lowest BCUT2D eigenvalue weighted by Crippen LogP contribution is -2.24. The first kappa shape index (κ1) is 19.8. The first-order valence-corrected chi connectivity index (χ1v) is 10.4. The summed E-state index contributed by atoms with van der Waals surface area (Å²) in [5.41, 5.74) is 4.98. The van der Waals surface area contributed by atoms with Gasteiger partial charge in [-0.1, -0.05) is 42.5 Å². The number of hydrazone groups is 1. The van der Waals surface area contributed by atoms with Gasteiger partial charge in [-0.3, -0.25) is 4.79 Å². The number of carbonyl (C=O) groups excluding carboxylic acids is 1. The third-order valence-electron chi connectivity index (χ3n) is 4.42. The van der Waals surface area contributed by atoms with Gasteiger partial charge in [-0.2, -0.15) is 5.10 Å². The minimum atomic E-state index is -0.316. The number of carbonyl (C=O) groups is 1. The van der Waals surface area contributed by atoms with Gasteiger partial charge in [-0.25, -0.2) is 14.8 Å². The summed E-state index contributed by atoms with van der Waals surface area (Å²) in [5.74, 6) is 0.888. The highest BCUT2D eigenvalue weighted by atomic mass is 32.2. The zero-order valence-corrected chi connectivity index (χ0v) is 16.8. The number of hydrogen-bond acceptors (Lipinski definition) is 4. The van der Waals surface area contributed by atoms with Gasteiger partial charge in [0.1, 0.15) is 18.2 Å². The van der Waals surface area contributed by atoms with E-state index >= 15 is 0 Å². The van der Waals surface area contributed by atoms with Crippen LogP contribution in [0.15, 0.2) is 88.9 Å². The van der Waals surface area contributed by atoms with Crippen molar-refractivity contribution >= 4 is 34.9 Å². The van der Waals surface area contributed by atoms with Crippen molar-refractivity contribution in [2.75, 3.05) is 0 Å². The third kappa shape index (κ3) is 4.93. The Labute approximate surface area is 177 Å². The molecule has 1 aromatic heterocycles. The molecule has 0 aliphatic rings. The van der Waals surface area contributed by atoms with Crippen LogP contribution < -0.4 is 5.43 Å². The van der Waals surface area contributed by atoms with Crippen LogP contribution in [0, 0.1) is 5.82 Å². The predicted molar refractivity (Wildman–Crippen MR) is 118 cm³/mol. The summed E-state index contributed by atoms with van der Waals surface area (Å²) < 4.78 is 14.9. The number of aromatic nitrogens is 2. The summed E-state index contributed by atoms with van der Waals surface area (Å²) in [7, 11) is 0. The highest BCUT2D eigenvalue weighted by Crippen LogP contribution is 2.24. The molecule has 1 heterocycles. The number of fused-ring (bicyclic) bond motifs is 1. The second kappa shape index (κ2) is 9.37. The van der Waals surface area contributed by atoms with E-state index < -0.39 is 0 Å². The molecule has 150 valence electrons. The number of hydrogen-bond donors (Lipinski definition) is 1. The molecule has 3 aromatic carbocycles. The quantitative estimate of drug-likeness (QED) is 0.271. The molecule has 7 heteroatoms. The van der Waals surface area contributed by atoms with Crippen molar-refractivity contribution in [1.29, 1.82) is 0 Å². The van der Waals surface area contributed by atoms with Crippen LogP contribution in [-0.2, 0) is 17.1 Å². The largest absolute Gasteiger partial charge is 0.318 e. The number of rotatable bonds is 7. The third-order valence-corrected chi connectivity index (χ3v) is 5.43. The monoisotopic (exact) mass is 418 g/mol. The number of nitrogens with one attached hydrogen (secondary N) is 1. The summed E-state index contributed by atoms with van der Waals surface area (Å²) in [6.07, 6.45) is 1.48. The molecule has 1 amide bonds. The Kier molecular flexibility index (Phi) is 6.20. The Morgan fingerprint density at radius 2 is 1.77 bits per heavy atom. The van der Waals surface area contributed by atoms with Gasteiger partial charge in [-0.15, -0.1) is 11.8 Å². The molecule has 1 N–H and O–H groups in total. The Hall–Kier alpha value is -3.45. The molecule has 5 nitrogen and oxygen atoms in total.